The molecule has 630 valence electrons. The van der Waals surface area contributed by atoms with E-state index in [1.807, 2.05) is 142 Å². The van der Waals surface area contributed by atoms with E-state index >= 15 is 0 Å². The number of fused-ring (bicyclic) bond motifs is 4. The number of aromatic amines is 4. The van der Waals surface area contributed by atoms with Gasteiger partial charge in [0.25, 0.3) is 0 Å². The van der Waals surface area contributed by atoms with Crippen LogP contribution in [0.2, 0.25) is 0 Å². The van der Waals surface area contributed by atoms with Crippen molar-refractivity contribution in [3.8, 4) is 90.8 Å². The first-order valence-electron chi connectivity index (χ1n) is 42.0. The predicted octanol–water partition coefficient (Wildman–Crippen LogP) is 13.7. The fourth-order valence-electron chi connectivity index (χ4n) is 14.6. The van der Waals surface area contributed by atoms with E-state index < -0.39 is 11.9 Å². The number of likely N-dealkylation sites (N-methyl/N-ethyl adjacent to an activating group) is 5. The molecule has 28 nitrogen and oxygen atoms in total. The van der Waals surface area contributed by atoms with Crippen molar-refractivity contribution >= 4 is 61.9 Å². The number of amides is 3. The fraction of sp³-hybridized carbons (Fsp3) is 0.366. The van der Waals surface area contributed by atoms with E-state index in [2.05, 4.69) is 147 Å². The fourth-order valence-corrected chi connectivity index (χ4v) is 14.6. The van der Waals surface area contributed by atoms with Crippen molar-refractivity contribution < 1.29 is 33.3 Å². The second-order valence-corrected chi connectivity index (χ2v) is 31.9. The number of ether oxygens (including phenoxy) is 4. The summed E-state index contributed by atoms with van der Waals surface area (Å²) in [6, 6.07) is 56.6. The largest absolute Gasteiger partial charge is 0.492 e. The first-order chi connectivity index (χ1) is 58.8. The average molecular weight is 1640 g/mol. The van der Waals surface area contributed by atoms with Crippen molar-refractivity contribution in [2.75, 3.05) is 128 Å². The van der Waals surface area contributed by atoms with E-state index in [1.54, 1.807) is 18.7 Å². The molecule has 0 saturated carbocycles. The zero-order valence-electron chi connectivity index (χ0n) is 70.7. The van der Waals surface area contributed by atoms with Gasteiger partial charge in [-0.2, -0.15) is 0 Å². The molecular weight excluding hydrogens is 1520 g/mol. The van der Waals surface area contributed by atoms with E-state index in [1.165, 1.54) is 9.80 Å². The molecule has 0 unspecified atom stereocenters. The summed E-state index contributed by atoms with van der Waals surface area (Å²) in [5.74, 6) is 5.40. The molecule has 0 fully saturated rings. The van der Waals surface area contributed by atoms with Crippen LogP contribution >= 0.6 is 0 Å². The lowest BCUT2D eigenvalue weighted by atomic mass is 10.0. The normalized spacial score (nSPS) is 12.0. The van der Waals surface area contributed by atoms with Gasteiger partial charge in [0.2, 0.25) is 17.7 Å². The van der Waals surface area contributed by atoms with Crippen LogP contribution in [0.1, 0.15) is 76.1 Å². The van der Waals surface area contributed by atoms with Crippen LogP contribution in [0.5, 0.6) is 23.0 Å². The van der Waals surface area contributed by atoms with Crippen LogP contribution in [0.15, 0.2) is 182 Å². The van der Waals surface area contributed by atoms with E-state index in [0.717, 1.165) is 237 Å². The Hall–Kier alpha value is -12.6. The summed E-state index contributed by atoms with van der Waals surface area (Å²) in [5.41, 5.74) is 23.1. The summed E-state index contributed by atoms with van der Waals surface area (Å²) in [5, 5.41) is 17.5. The number of H-pyrrole nitrogens is 4. The Morgan fingerprint density at radius 3 is 1.07 bits per heavy atom. The third-order valence-electron chi connectivity index (χ3n) is 21.9. The van der Waals surface area contributed by atoms with Gasteiger partial charge in [-0.3, -0.25) is 23.7 Å². The second kappa shape index (κ2) is 40.9. The van der Waals surface area contributed by atoms with Gasteiger partial charge in [0.1, 0.15) is 78.8 Å². The highest BCUT2D eigenvalue weighted by atomic mass is 16.5. The predicted molar refractivity (Wildman–Crippen MR) is 475 cm³/mol. The molecule has 1 atom stereocenters. The van der Waals surface area contributed by atoms with Crippen molar-refractivity contribution in [3.63, 3.8) is 0 Å². The molecule has 28 heteroatoms. The Labute approximate surface area is 705 Å². The number of hydrogen-bond acceptors (Lipinski definition) is 19. The first kappa shape index (κ1) is 84.8. The summed E-state index contributed by atoms with van der Waals surface area (Å²) >= 11 is 0. The lowest BCUT2D eigenvalue weighted by Gasteiger charge is -2.30. The zero-order valence-corrected chi connectivity index (χ0v) is 70.7. The van der Waals surface area contributed by atoms with Gasteiger partial charge in [0.05, 0.1) is 62.1 Å². The number of nitrogens with one attached hydrogen (secondary N) is 4. The van der Waals surface area contributed by atoms with Gasteiger partial charge in [-0.25, -0.2) is 19.9 Å². The van der Waals surface area contributed by atoms with E-state index in [-0.39, 0.29) is 24.9 Å². The Bertz CT molecular complexity index is 5710. The summed E-state index contributed by atoms with van der Waals surface area (Å²) < 4.78 is 27.7. The van der Waals surface area contributed by atoms with Gasteiger partial charge in [-0.1, -0.05) is 41.1 Å². The number of primary amides is 1. The molecule has 0 aliphatic carbocycles. The highest BCUT2D eigenvalue weighted by Crippen LogP contribution is 2.34. The molecule has 0 bridgehead atoms. The van der Waals surface area contributed by atoms with E-state index in [9.17, 15) is 14.4 Å². The third kappa shape index (κ3) is 23.5. The number of carbonyl (C=O) groups is 3. The third-order valence-corrected chi connectivity index (χ3v) is 21.9. The molecule has 121 heavy (non-hydrogen) atoms. The molecule has 14 aromatic rings. The molecule has 6 aromatic heterocycles. The molecule has 0 spiro atoms. The van der Waals surface area contributed by atoms with Crippen molar-refractivity contribution in [1.29, 1.82) is 0 Å². The van der Waals surface area contributed by atoms with Crippen LogP contribution < -0.4 is 24.7 Å². The number of rotatable bonds is 46. The number of benzene rings is 8. The van der Waals surface area contributed by atoms with Crippen LogP contribution in [-0.4, -0.2) is 251 Å². The molecule has 0 aliphatic rings. The topological polar surface area (TPSA) is 310 Å². The van der Waals surface area contributed by atoms with Crippen molar-refractivity contribution in [2.24, 2.45) is 5.73 Å². The van der Waals surface area contributed by atoms with Gasteiger partial charge >= 0.3 is 0 Å². The van der Waals surface area contributed by atoms with Gasteiger partial charge in [-0.05, 0) is 288 Å². The summed E-state index contributed by atoms with van der Waals surface area (Å²) in [7, 11) is 14.0. The van der Waals surface area contributed by atoms with Crippen molar-refractivity contribution in [2.45, 2.75) is 96.7 Å². The Kier molecular flexibility index (Phi) is 28.7. The molecule has 0 saturated heterocycles. The summed E-state index contributed by atoms with van der Waals surface area (Å²) in [4.78, 5) is 84.8. The van der Waals surface area contributed by atoms with E-state index in [0.29, 0.717) is 58.8 Å². The lowest BCUT2D eigenvalue weighted by molar-refractivity contribution is -0.145. The first-order valence-corrected chi connectivity index (χ1v) is 42.0. The molecule has 3 amide bonds. The van der Waals surface area contributed by atoms with Crippen LogP contribution in [-0.2, 0) is 40.3 Å². The number of aromatic nitrogens is 14. The van der Waals surface area contributed by atoms with Crippen LogP contribution in [0.25, 0.3) is 112 Å². The Balaban J connectivity index is 0.427. The maximum absolute atomic E-state index is 13.8. The molecule has 6 heterocycles. The average Bonchev–Trinajstić information content (AvgIpc) is 1.68. The van der Waals surface area contributed by atoms with Crippen LogP contribution in [0.3, 0.4) is 0 Å². The second-order valence-electron chi connectivity index (χ2n) is 31.9. The smallest absolute Gasteiger partial charge is 0.245 e. The van der Waals surface area contributed by atoms with Crippen molar-refractivity contribution in [3.05, 3.63) is 194 Å². The minimum absolute atomic E-state index is 0.136. The van der Waals surface area contributed by atoms with Gasteiger partial charge in [0.15, 0.2) is 0 Å². The molecule has 14 rings (SSSR count). The number of nitrogens with two attached hydrogens (primary N) is 1. The Morgan fingerprint density at radius 1 is 0.388 bits per heavy atom. The quantitative estimate of drug-likeness (QED) is 0.0221. The molecule has 8 aromatic carbocycles. The minimum Gasteiger partial charge on any atom is -0.492 e. The molecule has 0 aliphatic heterocycles. The Morgan fingerprint density at radius 2 is 0.727 bits per heavy atom. The standard InChI is InChI=1S/C93H111N21O7/c1-64(111(8)88(116)19-10-9-13-47-113-61-73(103-105-113)17-11-14-44-109(6)51-55-120-77-36-24-67(25-37-77)91-97-81-42-30-71(59-85(81)101-91)69-28-40-79-83(57-69)99-89(95-79)65-20-32-75(33-21-65)118-53-49-107(2)3)93(117)112(63-87(94)115)46-16-48-114-62-74(104-106-114)18-12-15-45-110(7)52-56-121-78-38-26-68(27-39-78)92-98-82-43-31-72(60-86(82)102-92)70-29-41-80-84(58-70)100-90(96-80)66-22-34-76(35-23-66)119-54-50-108(4)5/h20-43,57-62,64H,9-19,44-56,63H2,1-8H3,(H2,94,115)(H,95,99)(H,96,100)(H,97,101)(H,98,102)/t64-/m0/s1. The van der Waals surface area contributed by atoms with Gasteiger partial charge in [-0.15, -0.1) is 10.2 Å². The number of carbonyl (C=O) groups excluding carboxylic acids is 3. The number of imidazole rings is 4. The maximum Gasteiger partial charge on any atom is 0.245 e. The maximum atomic E-state index is 13.8. The molecular formula is C93H111N21O7. The highest BCUT2D eigenvalue weighted by molar-refractivity contribution is 5.92. The minimum atomic E-state index is -0.777. The van der Waals surface area contributed by atoms with Crippen LogP contribution in [0.4, 0.5) is 0 Å². The number of hydrogen-bond donors (Lipinski definition) is 5. The van der Waals surface area contributed by atoms with Gasteiger partial charge in [0, 0.05) is 93.9 Å². The van der Waals surface area contributed by atoms with Crippen LogP contribution in [0, 0.1) is 0 Å². The highest BCUT2D eigenvalue weighted by Gasteiger charge is 2.28. The van der Waals surface area contributed by atoms with Gasteiger partial charge < -0.3 is 74.0 Å². The number of aryl methyl sites for hydroxylation is 4. The monoisotopic (exact) mass is 1630 g/mol. The number of nitrogens with zero attached hydrogens (tertiary/aromatic N) is 16. The van der Waals surface area contributed by atoms with Crippen molar-refractivity contribution in [1.82, 2.24) is 99.3 Å². The molecule has 6 N–H and O–H groups in total. The van der Waals surface area contributed by atoms with E-state index in [4.69, 9.17) is 44.6 Å². The SMILES string of the molecule is C[C@@H](C(=O)N(CCCn1cc(CCCCN(C)CCOc2ccc(-c3nc4cc(-c5ccc6[nH]c(-c7ccc(OCCN(C)C)cc7)nc6c5)ccc4[nH]3)cc2)nn1)CC(N)=O)N(C)C(=O)CCCCCn1cc(CCCCN(C)CCOc2ccc(-c3nc4cc(-c5ccc6[nH]c(-c7ccc(OCCN(C)C)cc7)nc6c5)ccc4[nH]3)cc2)nn1. The number of unbranched alkanes of at least 4 members (excludes halogenated alkanes) is 4. The summed E-state index contributed by atoms with van der Waals surface area (Å²) in [6.45, 7) is 10.4. The summed E-state index contributed by atoms with van der Waals surface area (Å²) in [6.07, 6.45) is 12.6. The zero-order chi connectivity index (χ0) is 84.1. The molecule has 0 radical (unpaired) electrons. The lowest BCUT2D eigenvalue weighted by Crippen LogP contribution is -2.50.